The first kappa shape index (κ1) is 11.9. The quantitative estimate of drug-likeness (QED) is 0.596. The molecule has 1 rings (SSSR count). The van der Waals surface area contributed by atoms with E-state index in [9.17, 15) is 13.2 Å². The molecule has 0 radical (unpaired) electrons. The van der Waals surface area contributed by atoms with Gasteiger partial charge in [-0.05, 0) is 44.6 Å². The molecule has 1 aromatic rings. The number of alkyl halides is 3. The lowest BCUT2D eigenvalue weighted by atomic mass is 10.3. The molecule has 7 heteroatoms. The molecule has 0 heterocycles. The predicted octanol–water partition coefficient (Wildman–Crippen LogP) is 3.53. The molecule has 0 saturated carbocycles. The minimum absolute atomic E-state index is 0.205. The average molecular weight is 382 g/mol. The molecule has 0 amide bonds. The number of hydrogen-bond donors (Lipinski definition) is 1. The standard InChI is InChI=1S/C7H4BrF3INO/c8-6-4(12)1-3(2-5(6)13)14-7(9,10)11/h1-2H,13H2. The van der Waals surface area contributed by atoms with Gasteiger partial charge in [-0.3, -0.25) is 0 Å². The maximum atomic E-state index is 11.8. The van der Waals surface area contributed by atoms with Gasteiger partial charge >= 0.3 is 6.36 Å². The SMILES string of the molecule is Nc1cc(OC(F)(F)F)cc(I)c1Br. The van der Waals surface area contributed by atoms with Crippen LogP contribution in [0.15, 0.2) is 16.6 Å². The lowest BCUT2D eigenvalue weighted by Gasteiger charge is -2.10. The van der Waals surface area contributed by atoms with Crippen molar-refractivity contribution >= 4 is 44.2 Å². The largest absolute Gasteiger partial charge is 0.573 e. The molecule has 0 aromatic heterocycles. The van der Waals surface area contributed by atoms with Crippen molar-refractivity contribution in [2.24, 2.45) is 0 Å². The Kier molecular flexibility index (Phi) is 3.51. The van der Waals surface area contributed by atoms with E-state index in [0.29, 0.717) is 8.04 Å². The molecule has 2 nitrogen and oxygen atoms in total. The average Bonchev–Trinajstić information content (AvgIpc) is 1.96. The van der Waals surface area contributed by atoms with Gasteiger partial charge in [0.15, 0.2) is 0 Å². The molecule has 0 atom stereocenters. The third-order valence-corrected chi connectivity index (χ3v) is 3.74. The van der Waals surface area contributed by atoms with Crippen LogP contribution in [0.3, 0.4) is 0 Å². The van der Waals surface area contributed by atoms with Crippen LogP contribution in [-0.4, -0.2) is 6.36 Å². The Hall–Kier alpha value is -0.180. The van der Waals surface area contributed by atoms with E-state index in [0.717, 1.165) is 6.07 Å². The van der Waals surface area contributed by atoms with E-state index in [1.807, 2.05) is 22.6 Å². The molecule has 1 aromatic carbocycles. The molecule has 0 aliphatic carbocycles. The first-order valence-electron chi connectivity index (χ1n) is 3.30. The zero-order valence-corrected chi connectivity index (χ0v) is 10.3. The Morgan fingerprint density at radius 1 is 1.36 bits per heavy atom. The van der Waals surface area contributed by atoms with Crippen LogP contribution < -0.4 is 10.5 Å². The van der Waals surface area contributed by atoms with Gasteiger partial charge in [0.05, 0.1) is 10.2 Å². The minimum Gasteiger partial charge on any atom is -0.406 e. The lowest BCUT2D eigenvalue weighted by Crippen LogP contribution is -2.17. The molecule has 0 spiro atoms. The molecular formula is C7H4BrF3INO. The number of ether oxygens (including phenoxy) is 1. The summed E-state index contributed by atoms with van der Waals surface area (Å²) in [7, 11) is 0. The second-order valence-electron chi connectivity index (χ2n) is 2.36. The van der Waals surface area contributed by atoms with Gasteiger partial charge in [-0.25, -0.2) is 0 Å². The van der Waals surface area contributed by atoms with Crippen molar-refractivity contribution < 1.29 is 17.9 Å². The van der Waals surface area contributed by atoms with Crippen molar-refractivity contribution in [1.29, 1.82) is 0 Å². The maximum absolute atomic E-state index is 11.8. The second-order valence-corrected chi connectivity index (χ2v) is 4.31. The molecule has 0 unspecified atom stereocenters. The number of anilines is 1. The molecule has 14 heavy (non-hydrogen) atoms. The summed E-state index contributed by atoms with van der Waals surface area (Å²) in [5.41, 5.74) is 5.65. The first-order chi connectivity index (χ1) is 6.29. The summed E-state index contributed by atoms with van der Waals surface area (Å²) >= 11 is 4.98. The van der Waals surface area contributed by atoms with Crippen LogP contribution in [0.5, 0.6) is 5.75 Å². The van der Waals surface area contributed by atoms with E-state index in [1.165, 1.54) is 6.07 Å². The van der Waals surface area contributed by atoms with Crippen LogP contribution in [0.4, 0.5) is 18.9 Å². The number of halogens is 5. The molecular weight excluding hydrogens is 378 g/mol. The third-order valence-electron chi connectivity index (χ3n) is 1.26. The zero-order valence-electron chi connectivity index (χ0n) is 6.53. The highest BCUT2D eigenvalue weighted by molar-refractivity contribution is 14.1. The molecule has 78 valence electrons. The fourth-order valence-electron chi connectivity index (χ4n) is 0.777. The second kappa shape index (κ2) is 4.13. The summed E-state index contributed by atoms with van der Waals surface area (Å²) in [6.45, 7) is 0. The monoisotopic (exact) mass is 381 g/mol. The normalized spacial score (nSPS) is 11.5. The van der Waals surface area contributed by atoms with Gasteiger partial charge in [0.1, 0.15) is 5.75 Å². The predicted molar refractivity (Wildman–Crippen MR) is 58.0 cm³/mol. The summed E-state index contributed by atoms with van der Waals surface area (Å²) in [6.07, 6.45) is -4.69. The molecule has 0 aliphatic rings. The van der Waals surface area contributed by atoms with Gasteiger partial charge in [0, 0.05) is 9.64 Å². The molecule has 0 bridgehead atoms. The van der Waals surface area contributed by atoms with E-state index < -0.39 is 6.36 Å². The van der Waals surface area contributed by atoms with Crippen LogP contribution in [0.1, 0.15) is 0 Å². The number of nitrogens with two attached hydrogens (primary N) is 1. The molecule has 0 saturated heterocycles. The van der Waals surface area contributed by atoms with E-state index in [-0.39, 0.29) is 11.4 Å². The van der Waals surface area contributed by atoms with E-state index in [2.05, 4.69) is 20.7 Å². The van der Waals surface area contributed by atoms with Gasteiger partial charge in [0.25, 0.3) is 0 Å². The first-order valence-corrected chi connectivity index (χ1v) is 5.17. The Labute approximate surface area is 99.9 Å². The van der Waals surface area contributed by atoms with Crippen molar-refractivity contribution in [3.63, 3.8) is 0 Å². The fraction of sp³-hybridized carbons (Fsp3) is 0.143. The molecule has 0 aliphatic heterocycles. The highest BCUT2D eigenvalue weighted by atomic mass is 127. The Morgan fingerprint density at radius 2 is 1.93 bits per heavy atom. The van der Waals surface area contributed by atoms with Crippen molar-refractivity contribution in [3.05, 3.63) is 20.2 Å². The van der Waals surface area contributed by atoms with E-state index in [1.54, 1.807) is 0 Å². The van der Waals surface area contributed by atoms with Gasteiger partial charge in [-0.1, -0.05) is 0 Å². The van der Waals surface area contributed by atoms with E-state index in [4.69, 9.17) is 5.73 Å². The maximum Gasteiger partial charge on any atom is 0.573 e. The van der Waals surface area contributed by atoms with Crippen molar-refractivity contribution in [2.75, 3.05) is 5.73 Å². The highest BCUT2D eigenvalue weighted by Crippen LogP contribution is 2.32. The summed E-state index contributed by atoms with van der Waals surface area (Å²) in [5, 5.41) is 0. The Morgan fingerprint density at radius 3 is 2.36 bits per heavy atom. The van der Waals surface area contributed by atoms with E-state index >= 15 is 0 Å². The summed E-state index contributed by atoms with van der Waals surface area (Å²) < 4.78 is 40.3. The van der Waals surface area contributed by atoms with Crippen molar-refractivity contribution in [1.82, 2.24) is 0 Å². The summed E-state index contributed by atoms with van der Waals surface area (Å²) in [5.74, 6) is -0.317. The smallest absolute Gasteiger partial charge is 0.406 e. The van der Waals surface area contributed by atoms with Gasteiger partial charge in [-0.15, -0.1) is 13.2 Å². The summed E-state index contributed by atoms with van der Waals surface area (Å²) in [4.78, 5) is 0. The van der Waals surface area contributed by atoms with Gasteiger partial charge < -0.3 is 10.5 Å². The summed E-state index contributed by atoms with van der Waals surface area (Å²) in [6, 6.07) is 2.36. The fourth-order valence-corrected chi connectivity index (χ4v) is 1.62. The Balaban J connectivity index is 3.02. The molecule has 2 N–H and O–H groups in total. The van der Waals surface area contributed by atoms with Crippen molar-refractivity contribution in [2.45, 2.75) is 6.36 Å². The molecule has 0 fully saturated rings. The van der Waals surface area contributed by atoms with Crippen LogP contribution in [0.25, 0.3) is 0 Å². The lowest BCUT2D eigenvalue weighted by molar-refractivity contribution is -0.274. The van der Waals surface area contributed by atoms with Crippen molar-refractivity contribution in [3.8, 4) is 5.75 Å². The Bertz CT molecular complexity index is 332. The van der Waals surface area contributed by atoms with Crippen LogP contribution >= 0.6 is 38.5 Å². The van der Waals surface area contributed by atoms with Gasteiger partial charge in [0.2, 0.25) is 0 Å². The van der Waals surface area contributed by atoms with Crippen LogP contribution in [0, 0.1) is 3.57 Å². The number of nitrogen functional groups attached to an aromatic ring is 1. The highest BCUT2D eigenvalue weighted by Gasteiger charge is 2.31. The zero-order chi connectivity index (χ0) is 10.9. The number of benzene rings is 1. The van der Waals surface area contributed by atoms with Gasteiger partial charge in [-0.2, -0.15) is 0 Å². The topological polar surface area (TPSA) is 35.2 Å². The third kappa shape index (κ3) is 3.19. The number of rotatable bonds is 1. The van der Waals surface area contributed by atoms with Crippen LogP contribution in [-0.2, 0) is 0 Å². The minimum atomic E-state index is -4.69. The number of hydrogen-bond acceptors (Lipinski definition) is 2. The van der Waals surface area contributed by atoms with Crippen LogP contribution in [0.2, 0.25) is 0 Å².